The van der Waals surface area contributed by atoms with Crippen molar-refractivity contribution in [3.05, 3.63) is 35.4 Å². The Morgan fingerprint density at radius 2 is 1.11 bits per heavy atom. The predicted molar refractivity (Wildman–Crippen MR) is 59.7 cm³/mol. The van der Waals surface area contributed by atoms with Gasteiger partial charge in [0.15, 0.2) is 0 Å². The Kier molecular flexibility index (Phi) is 9.45. The smallest absolute Gasteiger partial charge is 0.335 e. The predicted octanol–water partition coefficient (Wildman–Crippen LogP) is 0.532. The van der Waals surface area contributed by atoms with Gasteiger partial charge in [0.2, 0.25) is 0 Å². The van der Waals surface area contributed by atoms with Gasteiger partial charge in [0, 0.05) is 19.5 Å². The Balaban J connectivity index is 0. The molecule has 8 heteroatoms. The minimum Gasteiger partial charge on any atom is -0.479 e. The van der Waals surface area contributed by atoms with E-state index in [0.29, 0.717) is 0 Å². The van der Waals surface area contributed by atoms with Gasteiger partial charge in [-0.25, -0.2) is 14.4 Å². The zero-order valence-electron chi connectivity index (χ0n) is 10.1. The zero-order valence-corrected chi connectivity index (χ0v) is 13.1. The van der Waals surface area contributed by atoms with E-state index in [9.17, 15) is 14.4 Å². The molecule has 1 rings (SSSR count). The number of carboxylic acid groups (broad SMARTS) is 3. The number of carboxylic acids is 3. The standard InChI is InChI=1S/C8H6O4.C3H6O3.Zn/c9-7(10)5-1-2-6(4-3-5)8(11)12;1-2(4)3(5)6;/h1-4H,(H,9,10)(H,11,12);2,4H,1H3,(H,5,6);/t;2-;/m.0./s1. The van der Waals surface area contributed by atoms with Crippen LogP contribution in [0.15, 0.2) is 24.3 Å². The molecule has 0 aromatic heterocycles. The third-order valence-electron chi connectivity index (χ3n) is 1.74. The summed E-state index contributed by atoms with van der Waals surface area (Å²) >= 11 is 0. The second kappa shape index (κ2) is 9.18. The van der Waals surface area contributed by atoms with E-state index in [1.54, 1.807) is 0 Å². The third-order valence-corrected chi connectivity index (χ3v) is 1.74. The van der Waals surface area contributed by atoms with Crippen molar-refractivity contribution in [2.24, 2.45) is 0 Å². The van der Waals surface area contributed by atoms with Gasteiger partial charge in [-0.1, -0.05) is 0 Å². The van der Waals surface area contributed by atoms with Gasteiger partial charge < -0.3 is 20.4 Å². The Hall–Kier alpha value is -1.79. The number of benzene rings is 1. The van der Waals surface area contributed by atoms with Crippen LogP contribution in [0.4, 0.5) is 0 Å². The van der Waals surface area contributed by atoms with Crippen molar-refractivity contribution < 1.29 is 54.3 Å². The number of hydrogen-bond acceptors (Lipinski definition) is 4. The van der Waals surface area contributed by atoms with Crippen LogP contribution in [0.25, 0.3) is 0 Å². The summed E-state index contributed by atoms with van der Waals surface area (Å²) in [6.45, 7) is 1.20. The summed E-state index contributed by atoms with van der Waals surface area (Å²) in [7, 11) is 0. The molecule has 1 aromatic carbocycles. The minimum atomic E-state index is -1.23. The van der Waals surface area contributed by atoms with Crippen molar-refractivity contribution in [3.8, 4) is 0 Å². The fourth-order valence-corrected chi connectivity index (χ4v) is 0.755. The van der Waals surface area contributed by atoms with E-state index in [-0.39, 0.29) is 30.6 Å². The van der Waals surface area contributed by atoms with Crippen molar-refractivity contribution in [3.63, 3.8) is 0 Å². The van der Waals surface area contributed by atoms with Crippen LogP contribution >= 0.6 is 0 Å². The van der Waals surface area contributed by atoms with Gasteiger partial charge in [-0.15, -0.1) is 0 Å². The van der Waals surface area contributed by atoms with Crippen LogP contribution in [0, 0.1) is 0 Å². The summed E-state index contributed by atoms with van der Waals surface area (Å²) < 4.78 is 0. The first kappa shape index (κ1) is 19.6. The summed E-state index contributed by atoms with van der Waals surface area (Å²) in [6.07, 6.45) is -1.23. The quantitative estimate of drug-likeness (QED) is 0.597. The second-order valence-electron chi connectivity index (χ2n) is 3.20. The van der Waals surface area contributed by atoms with Gasteiger partial charge in [-0.2, -0.15) is 0 Å². The SMILES string of the molecule is C[C@H](O)C(=O)O.O=C(O)c1ccc(C(=O)O)cc1.[Zn]. The molecule has 0 aliphatic rings. The largest absolute Gasteiger partial charge is 0.479 e. The van der Waals surface area contributed by atoms with Crippen molar-refractivity contribution in [2.45, 2.75) is 13.0 Å². The van der Waals surface area contributed by atoms with Crippen LogP contribution in [-0.4, -0.2) is 44.4 Å². The maximum absolute atomic E-state index is 10.3. The molecule has 19 heavy (non-hydrogen) atoms. The number of aromatic carboxylic acids is 2. The average Bonchev–Trinajstić information content (AvgIpc) is 2.29. The fourth-order valence-electron chi connectivity index (χ4n) is 0.755. The van der Waals surface area contributed by atoms with Gasteiger partial charge in [0.1, 0.15) is 6.10 Å². The van der Waals surface area contributed by atoms with Crippen LogP contribution in [0.1, 0.15) is 27.6 Å². The van der Waals surface area contributed by atoms with E-state index in [0.717, 1.165) is 0 Å². The van der Waals surface area contributed by atoms with Crippen LogP contribution in [0.2, 0.25) is 0 Å². The molecule has 0 spiro atoms. The van der Waals surface area contributed by atoms with Crippen LogP contribution in [-0.2, 0) is 24.3 Å². The number of aliphatic hydroxyl groups excluding tert-OH is 1. The van der Waals surface area contributed by atoms with Crippen LogP contribution in [0.3, 0.4) is 0 Å². The molecule has 0 heterocycles. The van der Waals surface area contributed by atoms with E-state index < -0.39 is 24.0 Å². The molecular weight excluding hydrogens is 310 g/mol. The van der Waals surface area contributed by atoms with E-state index in [2.05, 4.69) is 0 Å². The Morgan fingerprint density at radius 3 is 1.21 bits per heavy atom. The van der Waals surface area contributed by atoms with E-state index in [1.807, 2.05) is 0 Å². The monoisotopic (exact) mass is 320 g/mol. The fraction of sp³-hybridized carbons (Fsp3) is 0.182. The summed E-state index contributed by atoms with van der Waals surface area (Å²) in [4.78, 5) is 30.1. The molecule has 4 N–H and O–H groups in total. The molecule has 0 amide bonds. The van der Waals surface area contributed by atoms with E-state index >= 15 is 0 Å². The molecule has 7 nitrogen and oxygen atoms in total. The topological polar surface area (TPSA) is 132 Å². The third kappa shape index (κ3) is 8.02. The normalized spacial score (nSPS) is 10.2. The summed E-state index contributed by atoms with van der Waals surface area (Å²) in [6, 6.07) is 5.02. The number of rotatable bonds is 3. The molecule has 100 valence electrons. The Bertz CT molecular complexity index is 406. The van der Waals surface area contributed by atoms with Crippen molar-refractivity contribution in [1.29, 1.82) is 0 Å². The van der Waals surface area contributed by atoms with Gasteiger partial charge >= 0.3 is 17.9 Å². The van der Waals surface area contributed by atoms with Crippen molar-refractivity contribution >= 4 is 17.9 Å². The maximum Gasteiger partial charge on any atom is 0.335 e. The molecule has 0 aliphatic carbocycles. The number of aliphatic carboxylic acids is 1. The molecule has 1 aromatic rings. The minimum absolute atomic E-state index is 0. The molecule has 0 bridgehead atoms. The molecule has 0 radical (unpaired) electrons. The molecule has 0 fully saturated rings. The summed E-state index contributed by atoms with van der Waals surface area (Å²) in [5.41, 5.74) is 0.167. The van der Waals surface area contributed by atoms with Gasteiger partial charge in [-0.3, -0.25) is 0 Å². The Morgan fingerprint density at radius 1 is 0.895 bits per heavy atom. The summed E-state index contributed by atoms with van der Waals surface area (Å²) in [5.74, 6) is -3.31. The number of carbonyl (C=O) groups is 3. The molecule has 0 saturated carbocycles. The Labute approximate surface area is 121 Å². The first-order valence-electron chi connectivity index (χ1n) is 4.73. The van der Waals surface area contributed by atoms with E-state index in [4.69, 9.17) is 20.4 Å². The van der Waals surface area contributed by atoms with Crippen molar-refractivity contribution in [2.75, 3.05) is 0 Å². The molecule has 0 unspecified atom stereocenters. The first-order valence-corrected chi connectivity index (χ1v) is 4.73. The van der Waals surface area contributed by atoms with Crippen molar-refractivity contribution in [1.82, 2.24) is 0 Å². The molecular formula is C11H12O7Zn. The van der Waals surface area contributed by atoms with Crippen LogP contribution in [0.5, 0.6) is 0 Å². The zero-order chi connectivity index (χ0) is 14.3. The van der Waals surface area contributed by atoms with Gasteiger partial charge in [-0.05, 0) is 31.2 Å². The molecule has 0 saturated heterocycles. The van der Waals surface area contributed by atoms with Crippen LogP contribution < -0.4 is 0 Å². The first-order chi connectivity index (χ1) is 8.25. The number of aliphatic hydroxyl groups is 1. The molecule has 0 aliphatic heterocycles. The van der Waals surface area contributed by atoms with E-state index in [1.165, 1.54) is 31.2 Å². The molecule has 1 atom stereocenters. The van der Waals surface area contributed by atoms with Gasteiger partial charge in [0.05, 0.1) is 11.1 Å². The number of hydrogen-bond donors (Lipinski definition) is 4. The summed E-state index contributed by atoms with van der Waals surface area (Å²) in [5, 5.41) is 32.7. The van der Waals surface area contributed by atoms with Gasteiger partial charge in [0.25, 0.3) is 0 Å². The maximum atomic E-state index is 10.3. The second-order valence-corrected chi connectivity index (χ2v) is 3.20. The average molecular weight is 322 g/mol.